The lowest BCUT2D eigenvalue weighted by Gasteiger charge is -2.06. The number of benzene rings is 2. The summed E-state index contributed by atoms with van der Waals surface area (Å²) in [5.41, 5.74) is 3.68. The molecule has 0 saturated heterocycles. The van der Waals surface area contributed by atoms with Crippen LogP contribution in [0.25, 0.3) is 32.8 Å². The van der Waals surface area contributed by atoms with Crippen LogP contribution in [-0.4, -0.2) is 33.5 Å². The Morgan fingerprint density at radius 3 is 2.79 bits per heavy atom. The molecule has 1 aliphatic rings. The largest absolute Gasteiger partial charge is 0.364 e. The highest BCUT2D eigenvalue weighted by atomic mass is 16.5. The number of ether oxygens (including phenoxy) is 1. The smallest absolute Gasteiger partial charge is 0.261 e. The molecule has 0 saturated carbocycles. The van der Waals surface area contributed by atoms with E-state index in [-0.39, 0.29) is 12.6 Å². The van der Waals surface area contributed by atoms with Gasteiger partial charge in [-0.15, -0.1) is 0 Å². The minimum Gasteiger partial charge on any atom is -0.364 e. The first-order valence-electron chi connectivity index (χ1n) is 7.46. The molecule has 0 aliphatic carbocycles. The van der Waals surface area contributed by atoms with E-state index in [1.807, 2.05) is 24.3 Å². The molecule has 7 nitrogen and oxygen atoms in total. The fourth-order valence-electron chi connectivity index (χ4n) is 3.56. The quantitative estimate of drug-likeness (QED) is 0.554. The number of nitrogens with one attached hydrogen (secondary N) is 2. The molecule has 0 unspecified atom stereocenters. The van der Waals surface area contributed by atoms with Crippen molar-refractivity contribution in [1.29, 1.82) is 0 Å². The van der Waals surface area contributed by atoms with Gasteiger partial charge in [-0.25, -0.2) is 4.98 Å². The van der Waals surface area contributed by atoms with E-state index >= 15 is 0 Å². The van der Waals surface area contributed by atoms with E-state index in [1.54, 1.807) is 18.0 Å². The third-order valence-corrected chi connectivity index (χ3v) is 4.47. The van der Waals surface area contributed by atoms with Crippen molar-refractivity contribution in [3.63, 3.8) is 0 Å². The van der Waals surface area contributed by atoms with Gasteiger partial charge in [-0.1, -0.05) is 18.2 Å². The summed E-state index contributed by atoms with van der Waals surface area (Å²) in [5, 5.41) is 4.04. The molecule has 0 radical (unpaired) electrons. The van der Waals surface area contributed by atoms with Crippen LogP contribution >= 0.6 is 0 Å². The van der Waals surface area contributed by atoms with Crippen molar-refractivity contribution in [3.8, 4) is 0 Å². The fourth-order valence-corrected chi connectivity index (χ4v) is 3.56. The first-order chi connectivity index (χ1) is 11.7. The number of fused-ring (bicyclic) bond motifs is 8. The maximum Gasteiger partial charge on any atom is 0.261 e. The number of imide groups is 1. The van der Waals surface area contributed by atoms with Gasteiger partial charge in [0, 0.05) is 23.4 Å². The summed E-state index contributed by atoms with van der Waals surface area (Å²) < 4.78 is 6.92. The van der Waals surface area contributed by atoms with Gasteiger partial charge < -0.3 is 14.3 Å². The van der Waals surface area contributed by atoms with E-state index in [4.69, 9.17) is 4.74 Å². The normalized spacial score (nSPS) is 14.0. The standard InChI is InChI=1S/C17H12N4O3/c1-24-7-21-6-18-14-13-10(8-4-2-3-5-9(8)19-13)11-12(15(14)21)17(23)20-16(11)22/h2-6,19H,7H2,1H3,(H,20,22,23). The topological polar surface area (TPSA) is 89.0 Å². The van der Waals surface area contributed by atoms with Gasteiger partial charge in [0.25, 0.3) is 11.8 Å². The Labute approximate surface area is 135 Å². The van der Waals surface area contributed by atoms with Crippen LogP contribution in [0.4, 0.5) is 0 Å². The van der Waals surface area contributed by atoms with Crippen molar-refractivity contribution in [2.45, 2.75) is 6.73 Å². The molecule has 7 heteroatoms. The average Bonchev–Trinajstić information content (AvgIpc) is 3.22. The molecule has 0 spiro atoms. The average molecular weight is 320 g/mol. The number of rotatable bonds is 2. The number of aromatic nitrogens is 3. The second kappa shape index (κ2) is 4.42. The Bertz CT molecular complexity index is 1190. The summed E-state index contributed by atoms with van der Waals surface area (Å²) in [6.45, 7) is 0.246. The minimum absolute atomic E-state index is 0.246. The maximum atomic E-state index is 12.5. The zero-order valence-corrected chi connectivity index (χ0v) is 12.7. The number of carbonyl (C=O) groups is 2. The second-order valence-corrected chi connectivity index (χ2v) is 5.78. The molecule has 0 fully saturated rings. The van der Waals surface area contributed by atoms with E-state index in [0.29, 0.717) is 22.2 Å². The highest BCUT2D eigenvalue weighted by Crippen LogP contribution is 2.38. The zero-order valence-electron chi connectivity index (χ0n) is 12.7. The first-order valence-corrected chi connectivity index (χ1v) is 7.46. The van der Waals surface area contributed by atoms with E-state index in [1.165, 1.54) is 0 Å². The molecule has 0 atom stereocenters. The summed E-state index contributed by atoms with van der Waals surface area (Å²) in [5.74, 6) is -0.776. The highest BCUT2D eigenvalue weighted by molar-refractivity contribution is 6.35. The molecule has 5 rings (SSSR count). The number of para-hydroxylation sites is 1. The van der Waals surface area contributed by atoms with Crippen LogP contribution < -0.4 is 5.32 Å². The Morgan fingerprint density at radius 1 is 1.17 bits per heavy atom. The van der Waals surface area contributed by atoms with E-state index in [0.717, 1.165) is 21.8 Å². The molecular weight excluding hydrogens is 308 g/mol. The van der Waals surface area contributed by atoms with E-state index in [2.05, 4.69) is 15.3 Å². The van der Waals surface area contributed by atoms with Crippen molar-refractivity contribution in [2.75, 3.05) is 7.11 Å². The number of methoxy groups -OCH3 is 1. The van der Waals surface area contributed by atoms with Crippen molar-refractivity contribution in [2.24, 2.45) is 0 Å². The van der Waals surface area contributed by atoms with Gasteiger partial charge in [-0.05, 0) is 6.07 Å². The number of carbonyl (C=O) groups excluding carboxylic acids is 2. The van der Waals surface area contributed by atoms with E-state index in [9.17, 15) is 9.59 Å². The van der Waals surface area contributed by atoms with Crippen LogP contribution in [0.1, 0.15) is 20.7 Å². The molecular formula is C17H12N4O3. The zero-order chi connectivity index (χ0) is 16.4. The Balaban J connectivity index is 2.10. The van der Waals surface area contributed by atoms with Gasteiger partial charge in [0.15, 0.2) is 0 Å². The molecule has 2 aromatic heterocycles. The minimum atomic E-state index is -0.398. The summed E-state index contributed by atoms with van der Waals surface area (Å²) in [6, 6.07) is 7.70. The molecule has 118 valence electrons. The van der Waals surface area contributed by atoms with Crippen molar-refractivity contribution in [3.05, 3.63) is 41.7 Å². The van der Waals surface area contributed by atoms with Crippen molar-refractivity contribution >= 4 is 44.7 Å². The van der Waals surface area contributed by atoms with Gasteiger partial charge in [-0.2, -0.15) is 0 Å². The second-order valence-electron chi connectivity index (χ2n) is 5.78. The number of imidazole rings is 1. The van der Waals surface area contributed by atoms with Gasteiger partial charge in [-0.3, -0.25) is 14.9 Å². The lowest BCUT2D eigenvalue weighted by atomic mass is 10.00. The predicted molar refractivity (Wildman–Crippen MR) is 87.9 cm³/mol. The summed E-state index contributed by atoms with van der Waals surface area (Å²) >= 11 is 0. The molecule has 3 heterocycles. The Kier molecular flexibility index (Phi) is 2.44. The highest BCUT2D eigenvalue weighted by Gasteiger charge is 2.35. The SMILES string of the molecule is COCn1cnc2c3[nH]c4ccccc4c3c3c(c21)C(=O)NC3=O. The molecule has 0 bridgehead atoms. The lowest BCUT2D eigenvalue weighted by Crippen LogP contribution is -2.20. The Morgan fingerprint density at radius 2 is 1.96 bits per heavy atom. The number of hydrogen-bond donors (Lipinski definition) is 2. The van der Waals surface area contributed by atoms with Crippen LogP contribution in [0.3, 0.4) is 0 Å². The molecule has 1 aliphatic heterocycles. The number of H-pyrrole nitrogens is 1. The molecule has 4 aromatic rings. The Hall–Kier alpha value is -3.19. The van der Waals surface area contributed by atoms with Crippen LogP contribution in [0, 0.1) is 0 Å². The summed E-state index contributed by atoms with van der Waals surface area (Å²) in [7, 11) is 1.57. The van der Waals surface area contributed by atoms with E-state index < -0.39 is 5.91 Å². The number of amides is 2. The number of hydrogen-bond acceptors (Lipinski definition) is 4. The van der Waals surface area contributed by atoms with Gasteiger partial charge >= 0.3 is 0 Å². The summed E-state index contributed by atoms with van der Waals surface area (Å²) in [6.07, 6.45) is 1.62. The number of nitrogens with zero attached hydrogens (tertiary/aromatic N) is 2. The third-order valence-electron chi connectivity index (χ3n) is 4.47. The summed E-state index contributed by atoms with van der Waals surface area (Å²) in [4.78, 5) is 32.7. The van der Waals surface area contributed by atoms with Crippen LogP contribution in [0.5, 0.6) is 0 Å². The van der Waals surface area contributed by atoms with Crippen molar-refractivity contribution in [1.82, 2.24) is 19.9 Å². The first kappa shape index (κ1) is 13.3. The van der Waals surface area contributed by atoms with Crippen LogP contribution in [-0.2, 0) is 11.5 Å². The molecule has 2 N–H and O–H groups in total. The van der Waals surface area contributed by atoms with Gasteiger partial charge in [0.2, 0.25) is 0 Å². The van der Waals surface area contributed by atoms with Gasteiger partial charge in [0.05, 0.1) is 28.5 Å². The maximum absolute atomic E-state index is 12.5. The van der Waals surface area contributed by atoms with Gasteiger partial charge in [0.1, 0.15) is 12.2 Å². The number of aromatic amines is 1. The predicted octanol–water partition coefficient (Wildman–Crippen LogP) is 2.16. The van der Waals surface area contributed by atoms with Crippen LogP contribution in [0.2, 0.25) is 0 Å². The monoisotopic (exact) mass is 320 g/mol. The molecule has 24 heavy (non-hydrogen) atoms. The molecule has 2 amide bonds. The third kappa shape index (κ3) is 1.47. The molecule has 2 aromatic carbocycles. The van der Waals surface area contributed by atoms with Crippen molar-refractivity contribution < 1.29 is 14.3 Å². The van der Waals surface area contributed by atoms with Crippen LogP contribution in [0.15, 0.2) is 30.6 Å². The fraction of sp³-hybridized carbons (Fsp3) is 0.118. The lowest BCUT2D eigenvalue weighted by molar-refractivity contribution is 0.0880.